The minimum Gasteiger partial charge on any atom is -0.310 e. The Bertz CT molecular complexity index is 3700. The minimum absolute atomic E-state index is 0.243. The Morgan fingerprint density at radius 1 is 0.282 bits per heavy atom. The third-order valence-corrected chi connectivity index (χ3v) is 14.3. The lowest BCUT2D eigenvalue weighted by Crippen LogP contribution is -2.61. The number of anilines is 6. The Morgan fingerprint density at radius 3 is 0.972 bits per heavy atom. The van der Waals surface area contributed by atoms with Crippen LogP contribution in [0.1, 0.15) is 5.56 Å². The number of nitriles is 1. The van der Waals surface area contributed by atoms with Crippen LogP contribution in [0.5, 0.6) is 0 Å². The van der Waals surface area contributed by atoms with E-state index < -0.39 is 0 Å². The standard InChI is InChI=1S/C67H44BN3/c69-45-52-35-19-41-59-64(52)70(65-54(47-25-9-2-10-26-47)36-20-37-55(65)48-27-11-3-12-28-48)61-43-53(46-23-7-1-8-24-46)44-62-63(61)68(59)60-42-22-40-58(51-33-17-6-18-34-51)67(60)71(62)66-56(49-29-13-4-14-30-49)38-21-39-57(66)50-31-15-5-16-32-50/h1-44H. The van der Waals surface area contributed by atoms with Crippen molar-refractivity contribution in [1.82, 2.24) is 0 Å². The zero-order chi connectivity index (χ0) is 47.3. The van der Waals surface area contributed by atoms with Crippen molar-refractivity contribution in [3.8, 4) is 72.8 Å². The Kier molecular flexibility index (Phi) is 10.3. The van der Waals surface area contributed by atoms with Crippen molar-refractivity contribution in [1.29, 1.82) is 5.26 Å². The van der Waals surface area contributed by atoms with Crippen LogP contribution >= 0.6 is 0 Å². The molecular weight excluding hydrogens is 858 g/mol. The van der Waals surface area contributed by atoms with Crippen molar-refractivity contribution in [2.24, 2.45) is 0 Å². The number of fused-ring (bicyclic) bond motifs is 4. The lowest BCUT2D eigenvalue weighted by Gasteiger charge is -2.46. The van der Waals surface area contributed by atoms with Crippen LogP contribution in [0.15, 0.2) is 267 Å². The molecule has 0 aliphatic carbocycles. The summed E-state index contributed by atoms with van der Waals surface area (Å²) in [4.78, 5) is 5.05. The summed E-state index contributed by atoms with van der Waals surface area (Å²) in [5.74, 6) is 0. The van der Waals surface area contributed by atoms with Gasteiger partial charge in [0.1, 0.15) is 6.07 Å². The van der Waals surface area contributed by atoms with E-state index in [-0.39, 0.29) is 6.71 Å². The van der Waals surface area contributed by atoms with Crippen LogP contribution in [0.4, 0.5) is 34.1 Å². The van der Waals surface area contributed by atoms with Crippen LogP contribution in [-0.4, -0.2) is 6.71 Å². The first-order valence-corrected chi connectivity index (χ1v) is 24.3. The molecule has 0 bridgehead atoms. The number of nitrogens with zero attached hydrogens (tertiary/aromatic N) is 3. The van der Waals surface area contributed by atoms with Crippen LogP contribution < -0.4 is 26.2 Å². The highest BCUT2D eigenvalue weighted by atomic mass is 15.2. The van der Waals surface area contributed by atoms with Crippen LogP contribution in [0.25, 0.3) is 66.8 Å². The quantitative estimate of drug-likeness (QED) is 0.142. The van der Waals surface area contributed by atoms with Crippen molar-refractivity contribution in [3.05, 3.63) is 272 Å². The predicted octanol–water partition coefficient (Wildman–Crippen LogP) is 15.6. The van der Waals surface area contributed by atoms with Crippen LogP contribution in [-0.2, 0) is 0 Å². The van der Waals surface area contributed by atoms with Gasteiger partial charge in [0.2, 0.25) is 0 Å². The molecule has 11 aromatic carbocycles. The second-order valence-electron chi connectivity index (χ2n) is 18.2. The molecule has 0 amide bonds. The molecule has 0 saturated heterocycles. The Labute approximate surface area is 415 Å². The van der Waals surface area contributed by atoms with Crippen molar-refractivity contribution >= 4 is 57.2 Å². The van der Waals surface area contributed by atoms with Crippen LogP contribution in [0.3, 0.4) is 0 Å². The lowest BCUT2D eigenvalue weighted by molar-refractivity contribution is 1.25. The maximum absolute atomic E-state index is 11.4. The molecule has 11 aromatic rings. The predicted molar refractivity (Wildman–Crippen MR) is 298 cm³/mol. The SMILES string of the molecule is N#Cc1cccc2c1N(c1c(-c3ccccc3)cccc1-c1ccccc1)c1cc(-c3ccccc3)cc3c1B2c1cccc(-c2ccccc2)c1N3c1c(-c2ccccc2)cccc1-c1ccccc1. The van der Waals surface area contributed by atoms with E-state index >= 15 is 0 Å². The fourth-order valence-corrected chi connectivity index (χ4v) is 11.3. The average Bonchev–Trinajstić information content (AvgIpc) is 3.45. The molecule has 0 N–H and O–H groups in total. The van der Waals surface area contributed by atoms with Gasteiger partial charge in [-0.05, 0) is 73.5 Å². The summed E-state index contributed by atoms with van der Waals surface area (Å²) >= 11 is 0. The number of hydrogen-bond donors (Lipinski definition) is 0. The summed E-state index contributed by atoms with van der Waals surface area (Å²) in [5.41, 5.74) is 23.5. The number of benzene rings is 11. The number of para-hydroxylation sites is 4. The van der Waals surface area contributed by atoms with Gasteiger partial charge in [0, 0.05) is 44.9 Å². The molecule has 330 valence electrons. The molecule has 0 aromatic heterocycles. The van der Waals surface area contributed by atoms with E-state index in [9.17, 15) is 5.26 Å². The molecule has 0 radical (unpaired) electrons. The van der Waals surface area contributed by atoms with Crippen molar-refractivity contribution in [2.45, 2.75) is 0 Å². The van der Waals surface area contributed by atoms with Gasteiger partial charge in [0.15, 0.2) is 0 Å². The first-order valence-electron chi connectivity index (χ1n) is 24.3. The third-order valence-electron chi connectivity index (χ3n) is 14.3. The van der Waals surface area contributed by atoms with Gasteiger partial charge in [0.05, 0.1) is 22.6 Å². The fraction of sp³-hybridized carbons (Fsp3) is 0. The van der Waals surface area contributed by atoms with Crippen LogP contribution in [0.2, 0.25) is 0 Å². The Balaban J connectivity index is 1.24. The summed E-state index contributed by atoms with van der Waals surface area (Å²) in [7, 11) is 0. The van der Waals surface area contributed by atoms with Gasteiger partial charge in [-0.15, -0.1) is 0 Å². The molecule has 0 spiro atoms. The summed E-state index contributed by atoms with van der Waals surface area (Å²) in [6.07, 6.45) is 0. The summed E-state index contributed by atoms with van der Waals surface area (Å²) in [6, 6.07) is 98.7. The number of rotatable bonds is 8. The van der Waals surface area contributed by atoms with E-state index in [4.69, 9.17) is 0 Å². The summed E-state index contributed by atoms with van der Waals surface area (Å²) in [6.45, 7) is -0.243. The number of hydrogen-bond acceptors (Lipinski definition) is 3. The van der Waals surface area contributed by atoms with Gasteiger partial charge >= 0.3 is 0 Å². The average molecular weight is 902 g/mol. The molecule has 0 saturated carbocycles. The smallest absolute Gasteiger partial charge is 0.252 e. The zero-order valence-electron chi connectivity index (χ0n) is 38.8. The van der Waals surface area contributed by atoms with E-state index in [1.807, 2.05) is 6.07 Å². The highest BCUT2D eigenvalue weighted by Gasteiger charge is 2.46. The molecule has 0 fully saturated rings. The second-order valence-corrected chi connectivity index (χ2v) is 18.2. The molecular formula is C67H44BN3. The van der Waals surface area contributed by atoms with Gasteiger partial charge in [-0.2, -0.15) is 5.26 Å². The normalized spacial score (nSPS) is 12.1. The lowest BCUT2D eigenvalue weighted by atomic mass is 9.33. The first-order chi connectivity index (χ1) is 35.2. The van der Waals surface area contributed by atoms with Gasteiger partial charge < -0.3 is 9.80 Å². The molecule has 0 unspecified atom stereocenters. The largest absolute Gasteiger partial charge is 0.310 e. The summed E-state index contributed by atoms with van der Waals surface area (Å²) in [5, 5.41) is 11.4. The molecule has 2 heterocycles. The maximum Gasteiger partial charge on any atom is 0.252 e. The van der Waals surface area contributed by atoms with Crippen molar-refractivity contribution in [3.63, 3.8) is 0 Å². The monoisotopic (exact) mass is 901 g/mol. The van der Waals surface area contributed by atoms with E-state index in [1.165, 1.54) is 10.9 Å². The molecule has 71 heavy (non-hydrogen) atoms. The van der Waals surface area contributed by atoms with E-state index in [0.717, 1.165) is 106 Å². The minimum atomic E-state index is -0.243. The Hall–Kier alpha value is -9.43. The van der Waals surface area contributed by atoms with Crippen LogP contribution in [0, 0.1) is 11.3 Å². The third kappa shape index (κ3) is 6.98. The molecule has 13 rings (SSSR count). The zero-order valence-corrected chi connectivity index (χ0v) is 38.8. The second kappa shape index (κ2) is 17.6. The molecule has 2 aliphatic rings. The highest BCUT2D eigenvalue weighted by Crippen LogP contribution is 2.55. The molecule has 0 atom stereocenters. The van der Waals surface area contributed by atoms with Gasteiger partial charge in [-0.3, -0.25) is 0 Å². The first kappa shape index (κ1) is 41.7. The highest BCUT2D eigenvalue weighted by molar-refractivity contribution is 7.00. The topological polar surface area (TPSA) is 30.3 Å². The van der Waals surface area contributed by atoms with Gasteiger partial charge in [-0.1, -0.05) is 249 Å². The summed E-state index contributed by atoms with van der Waals surface area (Å²) < 4.78 is 0. The van der Waals surface area contributed by atoms with Crippen molar-refractivity contribution < 1.29 is 0 Å². The van der Waals surface area contributed by atoms with E-state index in [1.54, 1.807) is 0 Å². The molecule has 4 heteroatoms. The van der Waals surface area contributed by atoms with Gasteiger partial charge in [0.25, 0.3) is 6.71 Å². The molecule has 3 nitrogen and oxygen atoms in total. The van der Waals surface area contributed by atoms with E-state index in [2.05, 4.69) is 277 Å². The molecule has 2 aliphatic heterocycles. The van der Waals surface area contributed by atoms with Gasteiger partial charge in [-0.25, -0.2) is 0 Å². The van der Waals surface area contributed by atoms with E-state index in [0.29, 0.717) is 5.56 Å². The Morgan fingerprint density at radius 2 is 0.592 bits per heavy atom. The fourth-order valence-electron chi connectivity index (χ4n) is 11.3. The maximum atomic E-state index is 11.4. The van der Waals surface area contributed by atoms with Crippen molar-refractivity contribution in [2.75, 3.05) is 9.80 Å².